The Hall–Kier alpha value is -0.900. The molecule has 80 valence electrons. The minimum Gasteiger partial charge on any atom is -0.310 e. The molecule has 4 heteroatoms. The first-order valence-electron chi connectivity index (χ1n) is 4.95. The fourth-order valence-corrected chi connectivity index (χ4v) is 1.51. The maximum absolute atomic E-state index is 11.7. The first-order valence-corrected chi connectivity index (χ1v) is 5.74. The van der Waals surface area contributed by atoms with E-state index < -0.39 is 0 Å². The molecule has 1 aliphatic rings. The molecule has 0 aromatic carbocycles. The molecule has 1 heterocycles. The summed E-state index contributed by atoms with van der Waals surface area (Å²) in [7, 11) is 0. The van der Waals surface area contributed by atoms with Crippen LogP contribution in [0.15, 0.2) is 16.7 Å². The molecule has 0 bridgehead atoms. The largest absolute Gasteiger partial charge is 0.310 e. The zero-order valence-electron chi connectivity index (χ0n) is 8.80. The maximum Gasteiger partial charge on any atom is 0.231 e. The third-order valence-corrected chi connectivity index (χ3v) is 3.67. The summed E-state index contributed by atoms with van der Waals surface area (Å²) in [5.41, 5.74) is 0.920. The molecule has 0 aliphatic heterocycles. The Morgan fingerprint density at radius 2 is 2.27 bits per heavy atom. The monoisotopic (exact) mass is 268 g/mol. The van der Waals surface area contributed by atoms with E-state index in [1.165, 1.54) is 0 Å². The number of carbonyl (C=O) groups excluding carboxylic acids is 1. The molecule has 1 N–H and O–H groups in total. The van der Waals surface area contributed by atoms with Crippen LogP contribution >= 0.6 is 15.9 Å². The van der Waals surface area contributed by atoms with Gasteiger partial charge in [0.15, 0.2) is 0 Å². The molecule has 0 radical (unpaired) electrons. The Morgan fingerprint density at radius 3 is 2.80 bits per heavy atom. The number of aromatic nitrogens is 1. The van der Waals surface area contributed by atoms with Crippen molar-refractivity contribution in [3.8, 4) is 0 Å². The fourth-order valence-electron chi connectivity index (χ4n) is 1.29. The van der Waals surface area contributed by atoms with Crippen LogP contribution in [-0.2, 0) is 4.79 Å². The zero-order valence-corrected chi connectivity index (χ0v) is 10.4. The third-order valence-electron chi connectivity index (χ3n) is 2.84. The Morgan fingerprint density at radius 1 is 1.60 bits per heavy atom. The summed E-state index contributed by atoms with van der Waals surface area (Å²) in [6, 6.07) is 1.87. The maximum atomic E-state index is 11.7. The lowest BCUT2D eigenvalue weighted by molar-refractivity contribution is -0.120. The van der Waals surface area contributed by atoms with E-state index in [0.29, 0.717) is 5.82 Å². The van der Waals surface area contributed by atoms with Gasteiger partial charge in [-0.3, -0.25) is 4.79 Å². The minimum absolute atomic E-state index is 0.0803. The first kappa shape index (κ1) is 10.6. The average Bonchev–Trinajstić information content (AvgIpc) is 2.92. The second-order valence-corrected chi connectivity index (χ2v) is 5.19. The second-order valence-electron chi connectivity index (χ2n) is 4.33. The number of nitrogens with zero attached hydrogens (tertiary/aromatic N) is 1. The van der Waals surface area contributed by atoms with Crippen molar-refractivity contribution in [2.75, 3.05) is 5.32 Å². The molecule has 1 aromatic rings. The normalized spacial score (nSPS) is 17.3. The van der Waals surface area contributed by atoms with E-state index in [0.717, 1.165) is 22.9 Å². The molecule has 0 saturated heterocycles. The van der Waals surface area contributed by atoms with Gasteiger partial charge >= 0.3 is 0 Å². The molecule has 1 saturated carbocycles. The van der Waals surface area contributed by atoms with Crippen LogP contribution < -0.4 is 5.32 Å². The number of hydrogen-bond donors (Lipinski definition) is 1. The number of rotatable bonds is 2. The van der Waals surface area contributed by atoms with E-state index in [1.54, 1.807) is 6.20 Å². The highest BCUT2D eigenvalue weighted by Gasteiger charge is 2.44. The van der Waals surface area contributed by atoms with Gasteiger partial charge in [0.1, 0.15) is 5.82 Å². The summed E-state index contributed by atoms with van der Waals surface area (Å²) in [5, 5.41) is 2.84. The highest BCUT2D eigenvalue weighted by Crippen LogP contribution is 2.45. The molecule has 0 atom stereocenters. The number of halogens is 1. The van der Waals surface area contributed by atoms with Crippen LogP contribution in [-0.4, -0.2) is 10.9 Å². The van der Waals surface area contributed by atoms with Crippen molar-refractivity contribution in [2.24, 2.45) is 5.41 Å². The van der Waals surface area contributed by atoms with Crippen molar-refractivity contribution >= 4 is 27.7 Å². The molecule has 0 unspecified atom stereocenters. The minimum atomic E-state index is -0.150. The molecule has 1 aliphatic carbocycles. The topological polar surface area (TPSA) is 42.0 Å². The van der Waals surface area contributed by atoms with Crippen LogP contribution in [0.5, 0.6) is 0 Å². The van der Waals surface area contributed by atoms with Gasteiger partial charge < -0.3 is 5.32 Å². The Balaban J connectivity index is 2.11. The highest BCUT2D eigenvalue weighted by atomic mass is 79.9. The summed E-state index contributed by atoms with van der Waals surface area (Å²) in [6.45, 7) is 3.95. The number of hydrogen-bond acceptors (Lipinski definition) is 2. The van der Waals surface area contributed by atoms with Crippen LogP contribution in [0.2, 0.25) is 0 Å². The molecular weight excluding hydrogens is 256 g/mol. The number of carbonyl (C=O) groups is 1. The predicted octanol–water partition coefficient (Wildman–Crippen LogP) is 2.89. The number of pyridine rings is 1. The summed E-state index contributed by atoms with van der Waals surface area (Å²) < 4.78 is 0.957. The highest BCUT2D eigenvalue weighted by molar-refractivity contribution is 9.10. The lowest BCUT2D eigenvalue weighted by atomic mass is 10.1. The van der Waals surface area contributed by atoms with Crippen molar-refractivity contribution in [3.05, 3.63) is 22.3 Å². The number of nitrogens with one attached hydrogen (secondary N) is 1. The first-order chi connectivity index (χ1) is 7.01. The van der Waals surface area contributed by atoms with Gasteiger partial charge in [-0.1, -0.05) is 6.92 Å². The SMILES string of the molecule is Cc1cc(NC(=O)C2(C)CC2)ncc1Br. The smallest absolute Gasteiger partial charge is 0.231 e. The Bertz CT molecular complexity index is 413. The van der Waals surface area contributed by atoms with Gasteiger partial charge in [0.2, 0.25) is 5.91 Å². The predicted molar refractivity (Wildman–Crippen MR) is 62.6 cm³/mol. The number of aryl methyl sites for hydroxylation is 1. The molecule has 15 heavy (non-hydrogen) atoms. The van der Waals surface area contributed by atoms with E-state index in [-0.39, 0.29) is 11.3 Å². The van der Waals surface area contributed by atoms with E-state index in [4.69, 9.17) is 0 Å². The van der Waals surface area contributed by atoms with Crippen LogP contribution in [0.25, 0.3) is 0 Å². The van der Waals surface area contributed by atoms with Crippen LogP contribution in [0.3, 0.4) is 0 Å². The quantitative estimate of drug-likeness (QED) is 0.896. The molecule has 0 spiro atoms. The zero-order chi connectivity index (χ0) is 11.1. The Labute approximate surface area is 97.4 Å². The number of amides is 1. The summed E-state index contributed by atoms with van der Waals surface area (Å²) in [4.78, 5) is 15.9. The molecular formula is C11H13BrN2O. The lowest BCUT2D eigenvalue weighted by Gasteiger charge is -2.09. The van der Waals surface area contributed by atoms with Gasteiger partial charge in [-0.05, 0) is 47.3 Å². The van der Waals surface area contributed by atoms with Crippen LogP contribution in [0.4, 0.5) is 5.82 Å². The molecule has 1 aromatic heterocycles. The fraction of sp³-hybridized carbons (Fsp3) is 0.455. The van der Waals surface area contributed by atoms with Crippen LogP contribution in [0, 0.1) is 12.3 Å². The average molecular weight is 269 g/mol. The van der Waals surface area contributed by atoms with E-state index in [2.05, 4.69) is 26.2 Å². The van der Waals surface area contributed by atoms with Gasteiger partial charge in [0.05, 0.1) is 0 Å². The van der Waals surface area contributed by atoms with Gasteiger partial charge in [-0.2, -0.15) is 0 Å². The van der Waals surface area contributed by atoms with Gasteiger partial charge in [0, 0.05) is 16.1 Å². The second kappa shape index (κ2) is 3.59. The standard InChI is InChI=1S/C11H13BrN2O/c1-7-5-9(13-6-8(7)12)14-10(15)11(2)3-4-11/h5-6H,3-4H2,1-2H3,(H,13,14,15). The molecule has 1 fully saturated rings. The van der Waals surface area contributed by atoms with E-state index in [9.17, 15) is 4.79 Å². The van der Waals surface area contributed by atoms with Gasteiger partial charge in [-0.15, -0.1) is 0 Å². The van der Waals surface area contributed by atoms with Crippen molar-refractivity contribution < 1.29 is 4.79 Å². The van der Waals surface area contributed by atoms with Crippen molar-refractivity contribution in [2.45, 2.75) is 26.7 Å². The van der Waals surface area contributed by atoms with Gasteiger partial charge in [-0.25, -0.2) is 4.98 Å². The van der Waals surface area contributed by atoms with Crippen molar-refractivity contribution in [3.63, 3.8) is 0 Å². The van der Waals surface area contributed by atoms with Gasteiger partial charge in [0.25, 0.3) is 0 Å². The van der Waals surface area contributed by atoms with Crippen molar-refractivity contribution in [1.82, 2.24) is 4.98 Å². The van der Waals surface area contributed by atoms with E-state index >= 15 is 0 Å². The molecule has 3 nitrogen and oxygen atoms in total. The third kappa shape index (κ3) is 2.20. The summed E-state index contributed by atoms with van der Waals surface area (Å²) in [5.74, 6) is 0.713. The Kier molecular flexibility index (Phi) is 2.54. The van der Waals surface area contributed by atoms with Crippen LogP contribution in [0.1, 0.15) is 25.3 Å². The summed E-state index contributed by atoms with van der Waals surface area (Å²) in [6.07, 6.45) is 3.67. The summed E-state index contributed by atoms with van der Waals surface area (Å²) >= 11 is 3.37. The van der Waals surface area contributed by atoms with Crippen molar-refractivity contribution in [1.29, 1.82) is 0 Å². The lowest BCUT2D eigenvalue weighted by Crippen LogP contribution is -2.21. The number of anilines is 1. The van der Waals surface area contributed by atoms with E-state index in [1.807, 2.05) is 19.9 Å². The molecule has 2 rings (SSSR count). The molecule has 1 amide bonds.